The van der Waals surface area contributed by atoms with Crippen molar-refractivity contribution < 1.29 is 9.50 Å². The predicted octanol–water partition coefficient (Wildman–Crippen LogP) is 4.28. The molecule has 26 heavy (non-hydrogen) atoms. The molecule has 0 bridgehead atoms. The molecule has 1 aromatic carbocycles. The van der Waals surface area contributed by atoms with Crippen LogP contribution < -0.4 is 5.56 Å². The van der Waals surface area contributed by atoms with Gasteiger partial charge in [0.15, 0.2) is 4.96 Å². The van der Waals surface area contributed by atoms with Crippen molar-refractivity contribution in [1.82, 2.24) is 14.4 Å². The maximum absolute atomic E-state index is 13.6. The molecule has 0 saturated carbocycles. The van der Waals surface area contributed by atoms with Gasteiger partial charge >= 0.3 is 5.56 Å². The van der Waals surface area contributed by atoms with E-state index >= 15 is 0 Å². The Kier molecular flexibility index (Phi) is 4.26. The van der Waals surface area contributed by atoms with E-state index in [-0.39, 0.29) is 10.7 Å². The average Bonchev–Trinajstić information content (AvgIpc) is 3.20. The molecule has 1 N–H and O–H groups in total. The number of aromatic nitrogens is 3. The molecular weight excluding hydrogens is 397 g/mol. The Morgan fingerprint density at radius 1 is 1.35 bits per heavy atom. The molecular formula is C17H11ClFN3O2S2. The summed E-state index contributed by atoms with van der Waals surface area (Å²) in [5.74, 6) is -0.904. The fraction of sp³-hybridized carbons (Fsp3) is 0.118. The van der Waals surface area contributed by atoms with E-state index in [0.717, 1.165) is 15.3 Å². The van der Waals surface area contributed by atoms with E-state index in [0.29, 0.717) is 16.4 Å². The van der Waals surface area contributed by atoms with Crippen molar-refractivity contribution in [2.75, 3.05) is 0 Å². The van der Waals surface area contributed by atoms with Crippen LogP contribution in [0.25, 0.3) is 15.7 Å². The van der Waals surface area contributed by atoms with E-state index in [1.807, 2.05) is 6.92 Å². The van der Waals surface area contributed by atoms with E-state index in [9.17, 15) is 14.3 Å². The molecule has 0 radical (unpaired) electrons. The Bertz CT molecular complexity index is 1200. The molecule has 3 aromatic heterocycles. The van der Waals surface area contributed by atoms with Crippen LogP contribution in [0.3, 0.4) is 0 Å². The molecule has 132 valence electrons. The van der Waals surface area contributed by atoms with Crippen LogP contribution in [-0.4, -0.2) is 19.5 Å². The predicted molar refractivity (Wildman–Crippen MR) is 101 cm³/mol. The molecule has 4 rings (SSSR count). The maximum atomic E-state index is 13.6. The van der Waals surface area contributed by atoms with Gasteiger partial charge in [0.2, 0.25) is 5.75 Å². The lowest BCUT2D eigenvalue weighted by molar-refractivity contribution is 0.465. The van der Waals surface area contributed by atoms with Gasteiger partial charge in [0, 0.05) is 28.6 Å². The zero-order valence-electron chi connectivity index (χ0n) is 13.4. The van der Waals surface area contributed by atoms with Crippen molar-refractivity contribution in [2.45, 2.75) is 13.3 Å². The van der Waals surface area contributed by atoms with Crippen LogP contribution in [0.15, 0.2) is 35.4 Å². The van der Waals surface area contributed by atoms with Gasteiger partial charge in [-0.15, -0.1) is 22.7 Å². The highest BCUT2D eigenvalue weighted by Gasteiger charge is 2.18. The van der Waals surface area contributed by atoms with Crippen LogP contribution in [0.2, 0.25) is 5.02 Å². The molecule has 0 aliphatic heterocycles. The zero-order valence-corrected chi connectivity index (χ0v) is 15.8. The number of aromatic hydroxyl groups is 1. The van der Waals surface area contributed by atoms with Crippen LogP contribution >= 0.6 is 34.3 Å². The first kappa shape index (κ1) is 17.1. The summed E-state index contributed by atoms with van der Waals surface area (Å²) in [6, 6.07) is 4.63. The summed E-state index contributed by atoms with van der Waals surface area (Å²) in [7, 11) is 0. The molecule has 0 aliphatic carbocycles. The molecule has 0 saturated heterocycles. The SMILES string of the molecule is Cc1cn2c(=O)c(O)c(-c3ncc(Cc4ccc(Cl)c(F)c4)s3)nc2s1. The summed E-state index contributed by atoms with van der Waals surface area (Å²) in [4.78, 5) is 23.2. The first-order valence-corrected chi connectivity index (χ1v) is 9.54. The van der Waals surface area contributed by atoms with E-state index in [2.05, 4.69) is 9.97 Å². The van der Waals surface area contributed by atoms with Gasteiger partial charge in [0.25, 0.3) is 0 Å². The van der Waals surface area contributed by atoms with Crippen LogP contribution in [-0.2, 0) is 6.42 Å². The third-order valence-electron chi connectivity index (χ3n) is 3.74. The summed E-state index contributed by atoms with van der Waals surface area (Å²) in [5, 5.41) is 10.8. The highest BCUT2D eigenvalue weighted by molar-refractivity contribution is 7.17. The molecule has 0 unspecified atom stereocenters. The topological polar surface area (TPSA) is 67.5 Å². The van der Waals surface area contributed by atoms with Crippen molar-refractivity contribution in [3.63, 3.8) is 0 Å². The Hall–Kier alpha value is -2.29. The van der Waals surface area contributed by atoms with Gasteiger partial charge < -0.3 is 5.11 Å². The van der Waals surface area contributed by atoms with Crippen molar-refractivity contribution >= 4 is 39.2 Å². The van der Waals surface area contributed by atoms with Crippen LogP contribution in [0.5, 0.6) is 5.75 Å². The lowest BCUT2D eigenvalue weighted by atomic mass is 10.1. The summed E-state index contributed by atoms with van der Waals surface area (Å²) >= 11 is 8.35. The zero-order chi connectivity index (χ0) is 18.4. The lowest BCUT2D eigenvalue weighted by Gasteiger charge is -2.01. The summed E-state index contributed by atoms with van der Waals surface area (Å²) < 4.78 is 14.9. The minimum absolute atomic E-state index is 0.0767. The number of benzene rings is 1. The Morgan fingerprint density at radius 2 is 2.15 bits per heavy atom. The molecule has 3 heterocycles. The van der Waals surface area contributed by atoms with Crippen molar-refractivity contribution in [3.8, 4) is 16.5 Å². The van der Waals surface area contributed by atoms with E-state index in [4.69, 9.17) is 11.6 Å². The second-order valence-corrected chi connectivity index (χ2v) is 8.40. The first-order chi connectivity index (χ1) is 12.4. The van der Waals surface area contributed by atoms with E-state index in [1.165, 1.54) is 39.2 Å². The van der Waals surface area contributed by atoms with Crippen LogP contribution in [0.1, 0.15) is 15.3 Å². The number of halogens is 2. The van der Waals surface area contributed by atoms with Gasteiger partial charge in [-0.1, -0.05) is 17.7 Å². The number of nitrogens with zero attached hydrogens (tertiary/aromatic N) is 3. The molecule has 4 aromatic rings. The number of thiazole rings is 2. The third-order valence-corrected chi connectivity index (χ3v) is 5.95. The number of hydrogen-bond acceptors (Lipinski definition) is 6. The van der Waals surface area contributed by atoms with Gasteiger partial charge in [0.05, 0.1) is 5.02 Å². The van der Waals surface area contributed by atoms with Gasteiger partial charge in [-0.3, -0.25) is 9.20 Å². The van der Waals surface area contributed by atoms with Gasteiger partial charge in [-0.05, 0) is 24.6 Å². The van der Waals surface area contributed by atoms with Crippen LogP contribution in [0, 0.1) is 12.7 Å². The highest BCUT2D eigenvalue weighted by Crippen LogP contribution is 2.31. The standard InChI is InChI=1S/C17H11ClFN3O2S2/c1-8-7-22-16(24)14(23)13(21-17(22)25-8)15-20-6-10(26-15)4-9-2-3-11(18)12(19)5-9/h2-3,5-7,23H,4H2,1H3. The highest BCUT2D eigenvalue weighted by atomic mass is 35.5. The number of hydrogen-bond donors (Lipinski definition) is 1. The number of fused-ring (bicyclic) bond motifs is 1. The summed E-state index contributed by atoms with van der Waals surface area (Å²) in [6.45, 7) is 1.86. The second kappa shape index (κ2) is 6.46. The lowest BCUT2D eigenvalue weighted by Crippen LogP contribution is -2.13. The van der Waals surface area contributed by atoms with Gasteiger partial charge in [0.1, 0.15) is 16.5 Å². The third kappa shape index (κ3) is 3.00. The molecule has 0 amide bonds. The Balaban J connectivity index is 1.71. The monoisotopic (exact) mass is 407 g/mol. The second-order valence-electron chi connectivity index (χ2n) is 5.67. The van der Waals surface area contributed by atoms with E-state index in [1.54, 1.807) is 18.5 Å². The smallest absolute Gasteiger partial charge is 0.301 e. The summed E-state index contributed by atoms with van der Waals surface area (Å²) in [6.07, 6.45) is 3.74. The van der Waals surface area contributed by atoms with Gasteiger partial charge in [-0.2, -0.15) is 0 Å². The number of rotatable bonds is 3. The number of aryl methyl sites for hydroxylation is 1. The largest absolute Gasteiger partial charge is 0.501 e. The van der Waals surface area contributed by atoms with Crippen molar-refractivity contribution in [2.24, 2.45) is 0 Å². The molecule has 0 fully saturated rings. The maximum Gasteiger partial charge on any atom is 0.301 e. The quantitative estimate of drug-likeness (QED) is 0.550. The molecule has 0 aliphatic rings. The molecule has 9 heteroatoms. The molecule has 0 atom stereocenters. The minimum atomic E-state index is -0.522. The first-order valence-electron chi connectivity index (χ1n) is 7.53. The van der Waals surface area contributed by atoms with Crippen molar-refractivity contribution in [1.29, 1.82) is 0 Å². The Morgan fingerprint density at radius 3 is 2.92 bits per heavy atom. The van der Waals surface area contributed by atoms with Gasteiger partial charge in [-0.25, -0.2) is 14.4 Å². The van der Waals surface area contributed by atoms with E-state index < -0.39 is 17.1 Å². The fourth-order valence-corrected chi connectivity index (χ4v) is 4.41. The summed E-state index contributed by atoms with van der Waals surface area (Å²) in [5.41, 5.74) is 0.393. The van der Waals surface area contributed by atoms with Crippen molar-refractivity contribution in [3.05, 3.63) is 67.1 Å². The average molecular weight is 408 g/mol. The van der Waals surface area contributed by atoms with Crippen LogP contribution in [0.4, 0.5) is 4.39 Å². The normalized spacial score (nSPS) is 11.3. The fourth-order valence-electron chi connectivity index (χ4n) is 2.54. The minimum Gasteiger partial charge on any atom is -0.501 e. The Labute approximate surface area is 160 Å². The molecule has 0 spiro atoms. The molecule has 5 nitrogen and oxygen atoms in total.